The number of hydrogen-bond acceptors (Lipinski definition) is 8. The summed E-state index contributed by atoms with van der Waals surface area (Å²) in [7, 11) is -1.92. The maximum Gasteiger partial charge on any atom is 0.242 e. The third-order valence-electron chi connectivity index (χ3n) is 4.85. The Labute approximate surface area is 178 Å². The molecule has 1 aliphatic heterocycles. The lowest BCUT2D eigenvalue weighted by Gasteiger charge is -2.30. The minimum Gasteiger partial charge on any atom is -0.494 e. The quantitative estimate of drug-likeness (QED) is 0.563. The molecule has 0 aliphatic carbocycles. The van der Waals surface area contributed by atoms with Crippen molar-refractivity contribution >= 4 is 21.1 Å². The minimum atomic E-state index is -3.31. The number of methoxy groups -OCH3 is 1. The lowest BCUT2D eigenvalue weighted by atomic mass is 10.1. The summed E-state index contributed by atoms with van der Waals surface area (Å²) in [5.74, 6) is -0.178. The van der Waals surface area contributed by atoms with Gasteiger partial charge in [-0.3, -0.25) is 4.98 Å². The second kappa shape index (κ2) is 8.69. The highest BCUT2D eigenvalue weighted by atomic mass is 32.2. The highest BCUT2D eigenvalue weighted by Gasteiger charge is 2.27. The van der Waals surface area contributed by atoms with E-state index in [0.29, 0.717) is 28.8 Å². The van der Waals surface area contributed by atoms with E-state index in [4.69, 9.17) is 14.2 Å². The van der Waals surface area contributed by atoms with E-state index in [-0.39, 0.29) is 31.4 Å². The molecular formula is C20H21FN4O5S. The maximum absolute atomic E-state index is 14.2. The summed E-state index contributed by atoms with van der Waals surface area (Å²) in [6.45, 7) is 0.845. The summed E-state index contributed by atoms with van der Waals surface area (Å²) in [5.41, 5.74) is 1.94. The molecule has 0 unspecified atom stereocenters. The number of halogens is 1. The molecule has 1 fully saturated rings. The first kappa shape index (κ1) is 21.3. The van der Waals surface area contributed by atoms with Crippen molar-refractivity contribution in [2.45, 2.75) is 6.10 Å². The van der Waals surface area contributed by atoms with Gasteiger partial charge < -0.3 is 14.2 Å². The second-order valence-corrected chi connectivity index (χ2v) is 8.99. The maximum atomic E-state index is 14.2. The van der Waals surface area contributed by atoms with Crippen molar-refractivity contribution in [3.05, 3.63) is 42.5 Å². The monoisotopic (exact) mass is 448 g/mol. The molecule has 3 aromatic rings. The average Bonchev–Trinajstić information content (AvgIpc) is 2.77. The van der Waals surface area contributed by atoms with E-state index in [9.17, 15) is 12.8 Å². The normalized spacial score (nSPS) is 17.6. The Hall–Kier alpha value is -2.89. The molecule has 0 saturated carbocycles. The highest BCUT2D eigenvalue weighted by molar-refractivity contribution is 7.88. The van der Waals surface area contributed by atoms with Crippen LogP contribution in [-0.4, -0.2) is 73.4 Å². The first-order chi connectivity index (χ1) is 14.8. The van der Waals surface area contributed by atoms with Crippen LogP contribution in [0.25, 0.3) is 22.3 Å². The molecule has 164 valence electrons. The van der Waals surface area contributed by atoms with Crippen LogP contribution in [0, 0.1) is 5.82 Å². The molecule has 0 N–H and O–H groups in total. The number of ether oxygens (including phenoxy) is 3. The fraction of sp³-hybridized carbons (Fsp3) is 0.350. The van der Waals surface area contributed by atoms with Crippen LogP contribution in [0.1, 0.15) is 0 Å². The summed E-state index contributed by atoms with van der Waals surface area (Å²) in [6.07, 6.45) is 3.77. The molecule has 1 atom stereocenters. The molecule has 4 rings (SSSR count). The molecule has 31 heavy (non-hydrogen) atoms. The molecule has 9 nitrogen and oxygen atoms in total. The third-order valence-corrected chi connectivity index (χ3v) is 6.12. The van der Waals surface area contributed by atoms with Gasteiger partial charge in [0.2, 0.25) is 15.9 Å². The van der Waals surface area contributed by atoms with Gasteiger partial charge in [-0.05, 0) is 24.3 Å². The zero-order valence-electron chi connectivity index (χ0n) is 17.0. The van der Waals surface area contributed by atoms with Crippen molar-refractivity contribution in [3.63, 3.8) is 0 Å². The molecule has 0 bridgehead atoms. The predicted molar refractivity (Wildman–Crippen MR) is 111 cm³/mol. The summed E-state index contributed by atoms with van der Waals surface area (Å²) in [6, 6.07) is 6.22. The fourth-order valence-electron chi connectivity index (χ4n) is 3.28. The number of fused-ring (bicyclic) bond motifs is 1. The van der Waals surface area contributed by atoms with Crippen molar-refractivity contribution in [2.75, 3.05) is 39.7 Å². The molecule has 0 radical (unpaired) electrons. The van der Waals surface area contributed by atoms with Crippen LogP contribution in [-0.2, 0) is 14.8 Å². The van der Waals surface area contributed by atoms with Crippen LogP contribution >= 0.6 is 0 Å². The molecule has 1 aliphatic rings. The van der Waals surface area contributed by atoms with Crippen LogP contribution in [0.2, 0.25) is 0 Å². The summed E-state index contributed by atoms with van der Waals surface area (Å²) in [5, 5.41) is 0. The Morgan fingerprint density at radius 1 is 1.26 bits per heavy atom. The number of hydrogen-bond donors (Lipinski definition) is 0. The van der Waals surface area contributed by atoms with Crippen LogP contribution in [0.5, 0.6) is 11.6 Å². The van der Waals surface area contributed by atoms with E-state index in [1.807, 2.05) is 0 Å². The van der Waals surface area contributed by atoms with Gasteiger partial charge in [0.15, 0.2) is 17.1 Å². The van der Waals surface area contributed by atoms with E-state index in [0.717, 1.165) is 0 Å². The van der Waals surface area contributed by atoms with Gasteiger partial charge in [-0.1, -0.05) is 0 Å². The molecular weight excluding hydrogens is 427 g/mol. The van der Waals surface area contributed by atoms with E-state index in [1.165, 1.54) is 36.0 Å². The number of pyridine rings is 1. The lowest BCUT2D eigenvalue weighted by Crippen LogP contribution is -2.47. The largest absolute Gasteiger partial charge is 0.494 e. The van der Waals surface area contributed by atoms with Crippen molar-refractivity contribution in [3.8, 4) is 22.9 Å². The van der Waals surface area contributed by atoms with Gasteiger partial charge in [-0.25, -0.2) is 22.8 Å². The highest BCUT2D eigenvalue weighted by Crippen LogP contribution is 2.29. The summed E-state index contributed by atoms with van der Waals surface area (Å²) >= 11 is 0. The average molecular weight is 448 g/mol. The van der Waals surface area contributed by atoms with Gasteiger partial charge in [0.05, 0.1) is 31.2 Å². The zero-order valence-corrected chi connectivity index (χ0v) is 17.8. The molecule has 0 amide bonds. The lowest BCUT2D eigenvalue weighted by molar-refractivity contribution is -0.0252. The Morgan fingerprint density at radius 3 is 2.81 bits per heavy atom. The zero-order chi connectivity index (χ0) is 22.0. The van der Waals surface area contributed by atoms with E-state index >= 15 is 0 Å². The van der Waals surface area contributed by atoms with Crippen LogP contribution in [0.15, 0.2) is 36.7 Å². The summed E-state index contributed by atoms with van der Waals surface area (Å²) in [4.78, 5) is 13.1. The van der Waals surface area contributed by atoms with E-state index in [2.05, 4.69) is 15.0 Å². The van der Waals surface area contributed by atoms with Crippen LogP contribution < -0.4 is 9.47 Å². The third kappa shape index (κ3) is 4.73. The molecule has 1 aromatic carbocycles. The number of morpholine rings is 1. The van der Waals surface area contributed by atoms with Gasteiger partial charge in [0, 0.05) is 31.0 Å². The number of aromatic nitrogens is 3. The Morgan fingerprint density at radius 2 is 2.06 bits per heavy atom. The van der Waals surface area contributed by atoms with Crippen LogP contribution in [0.4, 0.5) is 4.39 Å². The van der Waals surface area contributed by atoms with E-state index in [1.54, 1.807) is 18.3 Å². The van der Waals surface area contributed by atoms with Crippen molar-refractivity contribution in [1.29, 1.82) is 0 Å². The molecule has 11 heteroatoms. The number of benzene rings is 1. The topological polar surface area (TPSA) is 104 Å². The van der Waals surface area contributed by atoms with Crippen molar-refractivity contribution in [2.24, 2.45) is 0 Å². The molecule has 2 aromatic heterocycles. The first-order valence-corrected chi connectivity index (χ1v) is 11.3. The Bertz CT molecular complexity index is 1210. The van der Waals surface area contributed by atoms with Gasteiger partial charge in [0.1, 0.15) is 12.7 Å². The smallest absolute Gasteiger partial charge is 0.242 e. The number of rotatable bonds is 6. The van der Waals surface area contributed by atoms with Gasteiger partial charge >= 0.3 is 0 Å². The second-order valence-electron chi connectivity index (χ2n) is 7.01. The number of nitrogens with zero attached hydrogens (tertiary/aromatic N) is 4. The Kier molecular flexibility index (Phi) is 5.99. The van der Waals surface area contributed by atoms with Crippen molar-refractivity contribution < 1.29 is 27.0 Å². The summed E-state index contributed by atoms with van der Waals surface area (Å²) < 4.78 is 55.7. The molecule has 1 saturated heterocycles. The first-order valence-electron chi connectivity index (χ1n) is 9.50. The van der Waals surface area contributed by atoms with Crippen molar-refractivity contribution in [1.82, 2.24) is 19.3 Å². The SMILES string of the molecule is COc1ccc(-c2cc3nccnc3c(OC[C@@H]3CN(S(C)(=O)=O)CCO3)n2)cc1F. The standard InChI is InChI=1S/C20H21FN4O5S/c1-28-18-4-3-13(9-15(18)21)16-10-17-19(23-6-5-22-17)20(24-16)30-12-14-11-25(7-8-29-14)31(2,26)27/h3-6,9-10,14H,7-8,11-12H2,1-2H3/t14-/m0/s1. The fourth-order valence-corrected chi connectivity index (χ4v) is 4.13. The molecule has 3 heterocycles. The van der Waals surface area contributed by atoms with Gasteiger partial charge in [-0.2, -0.15) is 4.31 Å². The Balaban J connectivity index is 1.62. The number of sulfonamides is 1. The van der Waals surface area contributed by atoms with E-state index < -0.39 is 21.9 Å². The minimum absolute atomic E-state index is 0.0745. The molecule has 0 spiro atoms. The predicted octanol–water partition coefficient (Wildman–Crippen LogP) is 1.88. The van der Waals surface area contributed by atoms with Gasteiger partial charge in [-0.15, -0.1) is 0 Å². The van der Waals surface area contributed by atoms with Crippen LogP contribution in [0.3, 0.4) is 0 Å². The van der Waals surface area contributed by atoms with Gasteiger partial charge in [0.25, 0.3) is 0 Å².